The van der Waals surface area contributed by atoms with Gasteiger partial charge in [0.2, 0.25) is 6.41 Å². The minimum absolute atomic E-state index is 0.362. The minimum atomic E-state index is -0.787. The van der Waals surface area contributed by atoms with E-state index in [9.17, 15) is 14.7 Å². The maximum Gasteiger partial charge on any atom is 0.306 e. The van der Waals surface area contributed by atoms with Gasteiger partial charge in [0.15, 0.2) is 0 Å². The van der Waals surface area contributed by atoms with Crippen LogP contribution in [0.5, 0.6) is 0 Å². The molecule has 1 heterocycles. The molecule has 5 nitrogen and oxygen atoms in total. The quantitative estimate of drug-likeness (QED) is 0.227. The number of carbonyl (C=O) groups excluding carboxylic acids is 1. The summed E-state index contributed by atoms with van der Waals surface area (Å²) in [6, 6.07) is 18.2. The van der Waals surface area contributed by atoms with E-state index in [4.69, 9.17) is 0 Å². The van der Waals surface area contributed by atoms with E-state index >= 15 is 0 Å². The van der Waals surface area contributed by atoms with Crippen molar-refractivity contribution in [2.75, 3.05) is 5.32 Å². The van der Waals surface area contributed by atoms with E-state index in [0.29, 0.717) is 12.8 Å². The fourth-order valence-electron chi connectivity index (χ4n) is 3.43. The lowest BCUT2D eigenvalue weighted by atomic mass is 9.77. The van der Waals surface area contributed by atoms with Gasteiger partial charge in [0.1, 0.15) is 0 Å². The average Bonchev–Trinajstić information content (AvgIpc) is 3.28. The average molecular weight is 481 g/mol. The van der Waals surface area contributed by atoms with Gasteiger partial charge in [0.05, 0.1) is 15.8 Å². The van der Waals surface area contributed by atoms with E-state index in [1.54, 1.807) is 18.3 Å². The van der Waals surface area contributed by atoms with Crippen LogP contribution in [0, 0.1) is 11.3 Å². The molecule has 34 heavy (non-hydrogen) atoms. The second-order valence-electron chi connectivity index (χ2n) is 9.13. The summed E-state index contributed by atoms with van der Waals surface area (Å²) in [6.07, 6.45) is 8.32. The second-order valence-corrected chi connectivity index (χ2v) is 10.2. The molecule has 0 radical (unpaired) electrons. The van der Waals surface area contributed by atoms with E-state index in [0.717, 1.165) is 21.1 Å². The molecule has 0 aliphatic rings. The molecule has 3 aromatic rings. The number of amides is 1. The van der Waals surface area contributed by atoms with Gasteiger partial charge in [0, 0.05) is 18.3 Å². The fourth-order valence-corrected chi connectivity index (χ4v) is 4.59. The third-order valence-corrected chi connectivity index (χ3v) is 7.06. The number of aryl methyl sites for hydroxylation is 1. The monoisotopic (exact) mass is 480 g/mol. The summed E-state index contributed by atoms with van der Waals surface area (Å²) in [5, 5.41) is 12.7. The van der Waals surface area contributed by atoms with Crippen LogP contribution in [0.25, 0.3) is 10.4 Å². The van der Waals surface area contributed by atoms with Crippen molar-refractivity contribution >= 4 is 29.4 Å². The number of nitrogens with zero attached hydrogens (tertiary/aromatic N) is 1. The number of rotatable bonds is 11. The minimum Gasteiger partial charge on any atom is -0.481 e. The van der Waals surface area contributed by atoms with Crippen molar-refractivity contribution in [3.63, 3.8) is 0 Å². The molecule has 1 aromatic heterocycles. The van der Waals surface area contributed by atoms with Gasteiger partial charge in [-0.25, -0.2) is 4.98 Å². The van der Waals surface area contributed by atoms with Crippen LogP contribution < -0.4 is 5.32 Å². The summed E-state index contributed by atoms with van der Waals surface area (Å²) < 4.78 is 0. The number of carboxylic acids is 1. The first-order chi connectivity index (χ1) is 16.3. The topological polar surface area (TPSA) is 79.3 Å². The van der Waals surface area contributed by atoms with Gasteiger partial charge in [-0.3, -0.25) is 9.59 Å². The van der Waals surface area contributed by atoms with Crippen LogP contribution in [0.1, 0.15) is 57.5 Å². The number of hydrogen-bond acceptors (Lipinski definition) is 4. The smallest absolute Gasteiger partial charge is 0.306 e. The van der Waals surface area contributed by atoms with E-state index in [1.807, 2.05) is 44.3 Å². The molecule has 6 heteroatoms. The van der Waals surface area contributed by atoms with Gasteiger partial charge in [0.25, 0.3) is 0 Å². The van der Waals surface area contributed by atoms with E-state index in [-0.39, 0.29) is 5.41 Å². The highest BCUT2D eigenvalue weighted by Gasteiger charge is 2.32. The van der Waals surface area contributed by atoms with Gasteiger partial charge >= 0.3 is 5.97 Å². The van der Waals surface area contributed by atoms with Crippen molar-refractivity contribution in [2.24, 2.45) is 11.3 Å². The molecule has 182 valence electrons. The van der Waals surface area contributed by atoms with Gasteiger partial charge in [-0.2, -0.15) is 0 Å². The van der Waals surface area contributed by atoms with Crippen LogP contribution >= 0.6 is 11.3 Å². The maximum atomic E-state index is 11.2. The van der Waals surface area contributed by atoms with Crippen molar-refractivity contribution in [3.8, 4) is 10.4 Å². The molecule has 1 amide bonds. The first-order valence-corrected chi connectivity index (χ1v) is 12.6. The Morgan fingerprint density at radius 1 is 1.12 bits per heavy atom. The summed E-state index contributed by atoms with van der Waals surface area (Å²) in [7, 11) is 0. The number of benzene rings is 2. The van der Waals surface area contributed by atoms with Crippen molar-refractivity contribution in [1.82, 2.24) is 4.98 Å². The first-order valence-electron chi connectivity index (χ1n) is 11.8. The number of hydrogen-bond donors (Lipinski definition) is 2. The zero-order chi connectivity index (χ0) is 25.0. The number of thiazole rings is 1. The summed E-state index contributed by atoms with van der Waals surface area (Å²) in [4.78, 5) is 27.1. The van der Waals surface area contributed by atoms with Crippen molar-refractivity contribution < 1.29 is 14.7 Å². The first kappa shape index (κ1) is 27.3. The Hall–Kier alpha value is -2.99. The Labute approximate surface area is 207 Å². The van der Waals surface area contributed by atoms with Gasteiger partial charge in [-0.05, 0) is 41.5 Å². The predicted octanol–water partition coefficient (Wildman–Crippen LogP) is 7.09. The summed E-state index contributed by atoms with van der Waals surface area (Å²) >= 11 is 1.57. The van der Waals surface area contributed by atoms with E-state index in [1.165, 1.54) is 31.2 Å². The number of carbonyl (C=O) groups is 2. The molecule has 0 aliphatic carbocycles. The van der Waals surface area contributed by atoms with E-state index < -0.39 is 11.9 Å². The summed E-state index contributed by atoms with van der Waals surface area (Å²) in [6.45, 7) is 7.88. The largest absolute Gasteiger partial charge is 0.481 e. The molecule has 3 rings (SSSR count). The number of aliphatic carboxylic acids is 1. The summed E-state index contributed by atoms with van der Waals surface area (Å²) in [5.41, 5.74) is 2.87. The molecular weight excluding hydrogens is 444 g/mol. The number of unbranched alkanes of at least 4 members (excludes halogenated alkanes) is 2. The number of nitrogens with one attached hydrogen (secondary N) is 1. The zero-order valence-electron chi connectivity index (χ0n) is 20.6. The SMILES string of the molecule is CC(C(=O)O)C(C)(C)Cc1ncc(-c2ccc(NC=O)cc2)s1.CCCCCc1ccccc1. The standard InChI is InChI=1S/C17H20N2O3S.C11H16/c1-11(16(21)22)17(2,3)8-15-18-9-14(23-15)12-4-6-13(7-5-12)19-10-20;1-2-3-5-8-11-9-6-4-7-10-11/h4-7,9-11H,8H2,1-3H3,(H,19,20)(H,21,22);4,6-7,9-10H,2-3,5,8H2,1H3. The Morgan fingerprint density at radius 2 is 1.79 bits per heavy atom. The molecule has 0 aliphatic heterocycles. The Bertz CT molecular complexity index is 1010. The van der Waals surface area contributed by atoms with Crippen LogP contribution in [0.2, 0.25) is 0 Å². The van der Waals surface area contributed by atoms with Crippen LogP contribution in [-0.2, 0) is 22.4 Å². The predicted molar refractivity (Wildman–Crippen MR) is 141 cm³/mol. The molecule has 0 saturated carbocycles. The molecule has 0 bridgehead atoms. The summed E-state index contributed by atoms with van der Waals surface area (Å²) in [5.74, 6) is -1.23. The van der Waals surface area contributed by atoms with Crippen LogP contribution in [0.3, 0.4) is 0 Å². The van der Waals surface area contributed by atoms with Crippen molar-refractivity contribution in [1.29, 1.82) is 0 Å². The molecular formula is C28H36N2O3S. The van der Waals surface area contributed by atoms with Crippen LogP contribution in [0.4, 0.5) is 5.69 Å². The lowest BCUT2D eigenvalue weighted by Crippen LogP contribution is -2.30. The van der Waals surface area contributed by atoms with Crippen LogP contribution in [-0.4, -0.2) is 22.5 Å². The highest BCUT2D eigenvalue weighted by Crippen LogP contribution is 2.35. The second kappa shape index (κ2) is 13.7. The highest BCUT2D eigenvalue weighted by atomic mass is 32.1. The molecule has 1 unspecified atom stereocenters. The van der Waals surface area contributed by atoms with Gasteiger partial charge in [-0.15, -0.1) is 11.3 Å². The number of anilines is 1. The zero-order valence-corrected chi connectivity index (χ0v) is 21.4. The Balaban J connectivity index is 0.000000310. The van der Waals surface area contributed by atoms with Crippen LogP contribution in [0.15, 0.2) is 60.8 Å². The van der Waals surface area contributed by atoms with Crippen molar-refractivity contribution in [2.45, 2.75) is 59.8 Å². The molecule has 1 atom stereocenters. The third-order valence-electron chi connectivity index (χ3n) is 6.01. The molecule has 0 saturated heterocycles. The number of aromatic nitrogens is 1. The van der Waals surface area contributed by atoms with Gasteiger partial charge < -0.3 is 10.4 Å². The van der Waals surface area contributed by atoms with E-state index in [2.05, 4.69) is 47.6 Å². The normalized spacial score (nSPS) is 11.8. The van der Waals surface area contributed by atoms with Crippen molar-refractivity contribution in [3.05, 3.63) is 71.4 Å². The Kier molecular flexibility index (Phi) is 10.9. The maximum absolute atomic E-state index is 11.2. The fraction of sp³-hybridized carbons (Fsp3) is 0.393. The molecule has 0 fully saturated rings. The molecule has 2 N–H and O–H groups in total. The molecule has 0 spiro atoms. The lowest BCUT2D eigenvalue weighted by molar-refractivity contribution is -0.145. The number of carboxylic acid groups (broad SMARTS) is 1. The lowest BCUT2D eigenvalue weighted by Gasteiger charge is -2.27. The molecule has 2 aromatic carbocycles. The van der Waals surface area contributed by atoms with Gasteiger partial charge in [-0.1, -0.05) is 83.0 Å². The third kappa shape index (κ3) is 8.75. The Morgan fingerprint density at radius 3 is 2.38 bits per heavy atom. The highest BCUT2D eigenvalue weighted by molar-refractivity contribution is 7.15.